The average Bonchev–Trinajstić information content (AvgIpc) is 2.72. The number of carbonyl (C=O) groups excluding carboxylic acids is 2. The summed E-state index contributed by atoms with van der Waals surface area (Å²) in [6.07, 6.45) is -1.76. The number of halogens is 3. The number of piperazine rings is 1. The summed E-state index contributed by atoms with van der Waals surface area (Å²) in [5.41, 5.74) is 2.27. The number of ether oxygens (including phenoxy) is 1. The summed E-state index contributed by atoms with van der Waals surface area (Å²) in [4.78, 5) is 27.6. The van der Waals surface area contributed by atoms with Crippen molar-refractivity contribution < 1.29 is 27.5 Å². The van der Waals surface area contributed by atoms with E-state index in [2.05, 4.69) is 9.64 Å². The lowest BCUT2D eigenvalue weighted by Gasteiger charge is -2.35. The number of carbonyl (C=O) groups is 2. The van der Waals surface area contributed by atoms with Crippen LogP contribution in [0.1, 0.15) is 22.8 Å². The largest absolute Gasteiger partial charge is 0.573 e. The zero-order valence-corrected chi connectivity index (χ0v) is 16.4. The van der Waals surface area contributed by atoms with Crippen molar-refractivity contribution in [3.63, 3.8) is 0 Å². The predicted molar refractivity (Wildman–Crippen MR) is 107 cm³/mol. The summed E-state index contributed by atoms with van der Waals surface area (Å²) < 4.78 is 40.4. The molecule has 1 aliphatic heterocycles. The van der Waals surface area contributed by atoms with Gasteiger partial charge in [0.25, 0.3) is 0 Å². The molecule has 2 aromatic rings. The van der Waals surface area contributed by atoms with Gasteiger partial charge < -0.3 is 14.5 Å². The SMILES string of the molecule is CC(=O)c1ccc(N2CCN(C(=O)/C=C/c3ccc(OC(F)(F)F)cc3)CC2)cc1. The van der Waals surface area contributed by atoms with Gasteiger partial charge in [-0.25, -0.2) is 0 Å². The molecule has 0 unspecified atom stereocenters. The maximum absolute atomic E-state index is 12.4. The van der Waals surface area contributed by atoms with Crippen LogP contribution in [-0.2, 0) is 4.79 Å². The van der Waals surface area contributed by atoms with Crippen LogP contribution in [-0.4, -0.2) is 49.1 Å². The first-order valence-electron chi connectivity index (χ1n) is 9.40. The van der Waals surface area contributed by atoms with E-state index in [1.807, 2.05) is 12.1 Å². The molecule has 1 amide bonds. The monoisotopic (exact) mass is 418 g/mol. The molecule has 1 saturated heterocycles. The molecule has 0 aliphatic carbocycles. The van der Waals surface area contributed by atoms with Crippen LogP contribution >= 0.6 is 0 Å². The van der Waals surface area contributed by atoms with Crippen LogP contribution in [0.3, 0.4) is 0 Å². The second-order valence-corrected chi connectivity index (χ2v) is 6.87. The highest BCUT2D eigenvalue weighted by atomic mass is 19.4. The molecule has 2 aromatic carbocycles. The summed E-state index contributed by atoms with van der Waals surface area (Å²) in [5, 5.41) is 0. The molecule has 0 spiro atoms. The van der Waals surface area contributed by atoms with E-state index < -0.39 is 6.36 Å². The summed E-state index contributed by atoms with van der Waals surface area (Å²) in [5.74, 6) is -0.443. The summed E-state index contributed by atoms with van der Waals surface area (Å²) in [6, 6.07) is 12.7. The molecular formula is C22H21F3N2O3. The fourth-order valence-electron chi connectivity index (χ4n) is 3.15. The van der Waals surface area contributed by atoms with Crippen LogP contribution in [0.4, 0.5) is 18.9 Å². The number of rotatable bonds is 5. The Morgan fingerprint density at radius 2 is 1.53 bits per heavy atom. The van der Waals surface area contributed by atoms with Gasteiger partial charge in [0.05, 0.1) is 0 Å². The third-order valence-electron chi connectivity index (χ3n) is 4.76. The molecular weight excluding hydrogens is 397 g/mol. The van der Waals surface area contributed by atoms with Crippen LogP contribution < -0.4 is 9.64 Å². The van der Waals surface area contributed by atoms with Gasteiger partial charge in [0.15, 0.2) is 5.78 Å². The van der Waals surface area contributed by atoms with Crippen molar-refractivity contribution in [2.24, 2.45) is 0 Å². The van der Waals surface area contributed by atoms with Crippen molar-refractivity contribution in [1.82, 2.24) is 4.90 Å². The van der Waals surface area contributed by atoms with Gasteiger partial charge in [-0.2, -0.15) is 0 Å². The number of nitrogens with zero attached hydrogens (tertiary/aromatic N) is 2. The lowest BCUT2D eigenvalue weighted by atomic mass is 10.1. The van der Waals surface area contributed by atoms with Crippen LogP contribution in [0.25, 0.3) is 6.08 Å². The van der Waals surface area contributed by atoms with E-state index in [4.69, 9.17) is 0 Å². The Morgan fingerprint density at radius 1 is 0.933 bits per heavy atom. The number of benzene rings is 2. The Labute approximate surface area is 172 Å². The summed E-state index contributed by atoms with van der Waals surface area (Å²) in [7, 11) is 0. The Morgan fingerprint density at radius 3 is 2.07 bits per heavy atom. The lowest BCUT2D eigenvalue weighted by molar-refractivity contribution is -0.274. The fourth-order valence-corrected chi connectivity index (χ4v) is 3.15. The van der Waals surface area contributed by atoms with Gasteiger partial charge in [-0.15, -0.1) is 13.2 Å². The number of hydrogen-bond acceptors (Lipinski definition) is 4. The highest BCUT2D eigenvalue weighted by Gasteiger charge is 2.30. The Hall–Kier alpha value is -3.29. The molecule has 1 fully saturated rings. The van der Waals surface area contributed by atoms with Gasteiger partial charge in [-0.3, -0.25) is 9.59 Å². The first-order valence-corrected chi connectivity index (χ1v) is 9.40. The average molecular weight is 418 g/mol. The molecule has 0 bridgehead atoms. The molecule has 3 rings (SSSR count). The van der Waals surface area contributed by atoms with E-state index in [-0.39, 0.29) is 17.4 Å². The zero-order chi connectivity index (χ0) is 21.7. The first-order chi connectivity index (χ1) is 14.2. The fraction of sp³-hybridized carbons (Fsp3) is 0.273. The normalized spacial score (nSPS) is 14.8. The Bertz CT molecular complexity index is 914. The van der Waals surface area contributed by atoms with E-state index in [9.17, 15) is 22.8 Å². The molecule has 0 radical (unpaired) electrons. The minimum atomic E-state index is -4.73. The van der Waals surface area contributed by atoms with Crippen molar-refractivity contribution in [2.75, 3.05) is 31.1 Å². The third-order valence-corrected chi connectivity index (χ3v) is 4.76. The van der Waals surface area contributed by atoms with E-state index in [0.29, 0.717) is 37.3 Å². The quantitative estimate of drug-likeness (QED) is 0.541. The lowest BCUT2D eigenvalue weighted by Crippen LogP contribution is -2.48. The highest BCUT2D eigenvalue weighted by molar-refractivity contribution is 5.94. The van der Waals surface area contributed by atoms with Crippen molar-refractivity contribution in [3.8, 4) is 5.75 Å². The highest BCUT2D eigenvalue weighted by Crippen LogP contribution is 2.23. The van der Waals surface area contributed by atoms with Crippen molar-refractivity contribution >= 4 is 23.5 Å². The Balaban J connectivity index is 1.52. The second kappa shape index (κ2) is 9.02. The molecule has 0 N–H and O–H groups in total. The van der Waals surface area contributed by atoms with Crippen molar-refractivity contribution in [1.29, 1.82) is 0 Å². The molecule has 0 aromatic heterocycles. The minimum Gasteiger partial charge on any atom is -0.406 e. The van der Waals surface area contributed by atoms with E-state index in [1.54, 1.807) is 23.1 Å². The molecule has 30 heavy (non-hydrogen) atoms. The van der Waals surface area contributed by atoms with E-state index in [0.717, 1.165) is 5.69 Å². The summed E-state index contributed by atoms with van der Waals surface area (Å²) in [6.45, 7) is 3.97. The number of alkyl halides is 3. The molecule has 1 heterocycles. The maximum atomic E-state index is 12.4. The van der Waals surface area contributed by atoms with Crippen molar-refractivity contribution in [3.05, 3.63) is 65.7 Å². The summed E-state index contributed by atoms with van der Waals surface area (Å²) >= 11 is 0. The molecule has 0 atom stereocenters. The van der Waals surface area contributed by atoms with Gasteiger partial charge in [0.2, 0.25) is 5.91 Å². The van der Waals surface area contributed by atoms with Gasteiger partial charge in [-0.1, -0.05) is 12.1 Å². The van der Waals surface area contributed by atoms with Crippen LogP contribution in [0, 0.1) is 0 Å². The van der Waals surface area contributed by atoms with Crippen molar-refractivity contribution in [2.45, 2.75) is 13.3 Å². The number of Topliss-reactive ketones (excluding diaryl/α,β-unsaturated/α-hetero) is 1. The van der Waals surface area contributed by atoms with Gasteiger partial charge >= 0.3 is 6.36 Å². The second-order valence-electron chi connectivity index (χ2n) is 6.87. The van der Waals surface area contributed by atoms with Crippen LogP contribution in [0.15, 0.2) is 54.6 Å². The number of amides is 1. The van der Waals surface area contributed by atoms with Gasteiger partial charge in [-0.05, 0) is 55.0 Å². The molecule has 158 valence electrons. The molecule has 5 nitrogen and oxygen atoms in total. The van der Waals surface area contributed by atoms with Crippen LogP contribution in [0.5, 0.6) is 5.75 Å². The number of ketones is 1. The minimum absolute atomic E-state index is 0.0197. The van der Waals surface area contributed by atoms with Crippen LogP contribution in [0.2, 0.25) is 0 Å². The first kappa shape index (κ1) is 21.4. The van der Waals surface area contributed by atoms with Gasteiger partial charge in [0.1, 0.15) is 5.75 Å². The van der Waals surface area contributed by atoms with Gasteiger partial charge in [0, 0.05) is 43.5 Å². The number of hydrogen-bond donors (Lipinski definition) is 0. The maximum Gasteiger partial charge on any atom is 0.573 e. The smallest absolute Gasteiger partial charge is 0.406 e. The van der Waals surface area contributed by atoms with E-state index >= 15 is 0 Å². The number of anilines is 1. The molecule has 1 aliphatic rings. The zero-order valence-electron chi connectivity index (χ0n) is 16.4. The third kappa shape index (κ3) is 5.85. The standard InChI is InChI=1S/C22H21F3N2O3/c1-16(28)18-5-7-19(8-6-18)26-12-14-27(15-13-26)21(29)11-4-17-2-9-20(10-3-17)30-22(23,24)25/h2-11H,12-15H2,1H3/b11-4+. The molecule has 0 saturated carbocycles. The molecule has 8 heteroatoms. The van der Waals surface area contributed by atoms with E-state index in [1.165, 1.54) is 37.3 Å². The predicted octanol–water partition coefficient (Wildman–Crippen LogP) is 4.15. The topological polar surface area (TPSA) is 49.9 Å². The Kier molecular flexibility index (Phi) is 6.44.